The molecule has 3 heterocycles. The summed E-state index contributed by atoms with van der Waals surface area (Å²) in [7, 11) is -3.06. The molecule has 3 aromatic heterocycles. The van der Waals surface area contributed by atoms with Crippen molar-refractivity contribution in [3.8, 4) is 11.3 Å². The van der Waals surface area contributed by atoms with Gasteiger partial charge in [0.25, 0.3) is 5.82 Å². The smallest absolute Gasteiger partial charge is 0.356 e. The van der Waals surface area contributed by atoms with Crippen molar-refractivity contribution in [3.63, 3.8) is 0 Å². The molecule has 0 spiro atoms. The maximum atomic E-state index is 13.8. The number of pyridine rings is 2. The van der Waals surface area contributed by atoms with E-state index in [2.05, 4.69) is 14.7 Å². The number of benzene rings is 1. The van der Waals surface area contributed by atoms with Gasteiger partial charge in [0.2, 0.25) is 12.7 Å². The molecule has 11 heteroatoms. The molecule has 0 radical (unpaired) electrons. The van der Waals surface area contributed by atoms with E-state index in [1.165, 1.54) is 10.8 Å². The van der Waals surface area contributed by atoms with Crippen LogP contribution in [0, 0.1) is 5.95 Å². The normalized spacial score (nSPS) is 13.0. The van der Waals surface area contributed by atoms with E-state index < -0.39 is 13.8 Å². The molecule has 0 amide bonds. The molecular formula is C23H23FN4O5P+. The summed E-state index contributed by atoms with van der Waals surface area (Å²) in [6.45, 7) is -0.280. The maximum absolute atomic E-state index is 13.8. The minimum Gasteiger partial charge on any atom is -0.356 e. The summed E-state index contributed by atoms with van der Waals surface area (Å²) in [5, 5.41) is 4.13. The minimum absolute atomic E-state index is 0.272. The first-order valence-electron chi connectivity index (χ1n) is 10.3. The fourth-order valence-corrected chi connectivity index (χ4v) is 3.73. The van der Waals surface area contributed by atoms with Gasteiger partial charge >= 0.3 is 7.82 Å². The van der Waals surface area contributed by atoms with Gasteiger partial charge in [-0.05, 0) is 29.3 Å². The molecule has 3 N–H and O–H groups in total. The molecule has 1 atom stereocenters. The number of phosphoric acid groups is 1. The van der Waals surface area contributed by atoms with Crippen LogP contribution >= 0.6 is 7.82 Å². The van der Waals surface area contributed by atoms with Crippen LogP contribution in [0.4, 0.5) is 10.2 Å². The molecule has 176 valence electrons. The second-order valence-electron chi connectivity index (χ2n) is 7.49. The number of nitrogens with two attached hydrogens (primary N) is 1. The Kier molecular flexibility index (Phi) is 7.14. The highest BCUT2D eigenvalue weighted by Gasteiger charge is 2.22. The van der Waals surface area contributed by atoms with E-state index in [1.807, 2.05) is 24.3 Å². The number of nitrogen functional groups attached to an aromatic ring is 1. The molecule has 1 unspecified atom stereocenters. The van der Waals surface area contributed by atoms with Gasteiger partial charge in [-0.15, -0.1) is 0 Å². The van der Waals surface area contributed by atoms with Crippen molar-refractivity contribution < 1.29 is 32.0 Å². The van der Waals surface area contributed by atoms with Crippen molar-refractivity contribution in [1.82, 2.24) is 10.1 Å². The van der Waals surface area contributed by atoms with Gasteiger partial charge in [0.05, 0.1) is 11.9 Å². The maximum Gasteiger partial charge on any atom is 0.475 e. The number of nitrogens with zero attached hydrogens (tertiary/aromatic N) is 3. The van der Waals surface area contributed by atoms with Crippen molar-refractivity contribution in [2.24, 2.45) is 0 Å². The van der Waals surface area contributed by atoms with Gasteiger partial charge in [-0.1, -0.05) is 35.5 Å². The standard InChI is InChI=1S/C23H22FN4O5P/c1-31-34(29,30)32-15-28-11-3-5-20(23(28)25)21-14-19(27-33-21)13-17-8-6-16(7-9-17)12-18-4-2-10-26-22(18)24/h2-11,14,25H,12-13,15H2,1H3,(H,29,30)/p+1. The van der Waals surface area contributed by atoms with E-state index in [0.29, 0.717) is 35.4 Å². The second kappa shape index (κ2) is 10.2. The Bertz CT molecular complexity index is 1330. The Morgan fingerprint density at radius 3 is 2.59 bits per heavy atom. The van der Waals surface area contributed by atoms with Crippen molar-refractivity contribution in [3.05, 3.63) is 95.3 Å². The summed E-state index contributed by atoms with van der Waals surface area (Å²) in [5.41, 5.74) is 9.98. The number of aromatic nitrogens is 3. The van der Waals surface area contributed by atoms with Crippen molar-refractivity contribution in [1.29, 1.82) is 0 Å². The largest absolute Gasteiger partial charge is 0.475 e. The van der Waals surface area contributed by atoms with Crippen LogP contribution in [-0.4, -0.2) is 22.1 Å². The predicted molar refractivity (Wildman–Crippen MR) is 121 cm³/mol. The third-order valence-electron chi connectivity index (χ3n) is 5.17. The van der Waals surface area contributed by atoms with Crippen LogP contribution in [0.3, 0.4) is 0 Å². The van der Waals surface area contributed by atoms with Crippen LogP contribution < -0.4 is 10.3 Å². The summed E-state index contributed by atoms with van der Waals surface area (Å²) in [6, 6.07) is 16.5. The van der Waals surface area contributed by atoms with Crippen LogP contribution in [-0.2, 0) is 33.2 Å². The van der Waals surface area contributed by atoms with E-state index in [-0.39, 0.29) is 12.5 Å². The van der Waals surface area contributed by atoms with E-state index in [1.54, 1.807) is 36.5 Å². The van der Waals surface area contributed by atoms with Crippen molar-refractivity contribution >= 4 is 13.6 Å². The average molecular weight is 485 g/mol. The molecule has 0 bridgehead atoms. The molecule has 0 aliphatic carbocycles. The van der Waals surface area contributed by atoms with Crippen LogP contribution in [0.5, 0.6) is 0 Å². The molecule has 0 aliphatic rings. The monoisotopic (exact) mass is 485 g/mol. The lowest BCUT2D eigenvalue weighted by Gasteiger charge is -2.09. The third kappa shape index (κ3) is 5.73. The number of hydrogen-bond acceptors (Lipinski definition) is 7. The SMILES string of the molecule is COP(=O)(O)OC[n+]1cccc(-c2cc(Cc3ccc(Cc4cccnc4F)cc3)no2)c1N. The Morgan fingerprint density at radius 1 is 1.15 bits per heavy atom. The molecule has 0 fully saturated rings. The lowest BCUT2D eigenvalue weighted by molar-refractivity contribution is -0.711. The highest BCUT2D eigenvalue weighted by Crippen LogP contribution is 2.41. The molecule has 34 heavy (non-hydrogen) atoms. The molecule has 0 saturated heterocycles. The number of phosphoric ester groups is 1. The Balaban J connectivity index is 1.44. The number of rotatable bonds is 9. The molecule has 1 aromatic carbocycles. The molecule has 4 aromatic rings. The molecule has 4 rings (SSSR count). The van der Waals surface area contributed by atoms with Crippen LogP contribution in [0.15, 0.2) is 71.5 Å². The lowest BCUT2D eigenvalue weighted by atomic mass is 10.0. The fourth-order valence-electron chi connectivity index (χ4n) is 3.35. The van der Waals surface area contributed by atoms with Gasteiger partial charge in [-0.25, -0.2) is 18.6 Å². The summed E-state index contributed by atoms with van der Waals surface area (Å²) in [4.78, 5) is 13.1. The Morgan fingerprint density at radius 2 is 1.88 bits per heavy atom. The quantitative estimate of drug-likeness (QED) is 0.209. The van der Waals surface area contributed by atoms with Gasteiger partial charge in [0, 0.05) is 37.8 Å². The summed E-state index contributed by atoms with van der Waals surface area (Å²) < 4.78 is 41.5. The van der Waals surface area contributed by atoms with Gasteiger partial charge in [-0.3, -0.25) is 10.3 Å². The van der Waals surface area contributed by atoms with Crippen molar-refractivity contribution in [2.45, 2.75) is 19.6 Å². The van der Waals surface area contributed by atoms with E-state index in [4.69, 9.17) is 14.8 Å². The first-order valence-corrected chi connectivity index (χ1v) is 11.8. The second-order valence-corrected chi connectivity index (χ2v) is 9.05. The zero-order chi connectivity index (χ0) is 24.1. The summed E-state index contributed by atoms with van der Waals surface area (Å²) >= 11 is 0. The summed E-state index contributed by atoms with van der Waals surface area (Å²) in [6.07, 6.45) is 4.02. The minimum atomic E-state index is -4.14. The van der Waals surface area contributed by atoms with Crippen molar-refractivity contribution in [2.75, 3.05) is 12.8 Å². The zero-order valence-electron chi connectivity index (χ0n) is 18.3. The van der Waals surface area contributed by atoms with Gasteiger partial charge in [-0.2, -0.15) is 4.39 Å². The van der Waals surface area contributed by atoms with E-state index >= 15 is 0 Å². The fraction of sp³-hybridized carbons (Fsp3) is 0.174. The third-order valence-corrected chi connectivity index (χ3v) is 6.07. The average Bonchev–Trinajstić information content (AvgIpc) is 3.29. The first kappa shape index (κ1) is 23.7. The van der Waals surface area contributed by atoms with Gasteiger partial charge in [0.15, 0.2) is 5.76 Å². The molecule has 9 nitrogen and oxygen atoms in total. The lowest BCUT2D eigenvalue weighted by Crippen LogP contribution is -2.38. The number of anilines is 1. The van der Waals surface area contributed by atoms with Gasteiger partial charge in [0.1, 0.15) is 5.56 Å². The van der Waals surface area contributed by atoms with Crippen LogP contribution in [0.2, 0.25) is 0 Å². The Labute approximate surface area is 195 Å². The van der Waals surface area contributed by atoms with Gasteiger partial charge < -0.3 is 9.42 Å². The van der Waals surface area contributed by atoms with Crippen LogP contribution in [0.1, 0.15) is 22.4 Å². The van der Waals surface area contributed by atoms with Crippen LogP contribution in [0.25, 0.3) is 11.3 Å². The molecule has 0 aliphatic heterocycles. The Hall–Kier alpha value is -3.43. The highest BCUT2D eigenvalue weighted by atomic mass is 31.2. The number of halogens is 1. The first-order chi connectivity index (χ1) is 16.3. The summed E-state index contributed by atoms with van der Waals surface area (Å²) in [5.74, 6) is 0.261. The van der Waals surface area contributed by atoms with E-state index in [0.717, 1.165) is 18.2 Å². The molecular weight excluding hydrogens is 462 g/mol. The predicted octanol–water partition coefficient (Wildman–Crippen LogP) is 3.65. The molecule has 0 saturated carbocycles. The van der Waals surface area contributed by atoms with E-state index in [9.17, 15) is 13.8 Å². The zero-order valence-corrected chi connectivity index (χ0v) is 19.2. The number of hydrogen-bond donors (Lipinski definition) is 2. The highest BCUT2D eigenvalue weighted by molar-refractivity contribution is 7.47. The topological polar surface area (TPSA) is 125 Å².